The van der Waals surface area contributed by atoms with E-state index in [9.17, 15) is 9.59 Å². The first kappa shape index (κ1) is 21.6. The number of halogens is 1. The maximum Gasteiger partial charge on any atom is 0.241 e. The van der Waals surface area contributed by atoms with E-state index in [-0.39, 0.29) is 30.1 Å². The van der Waals surface area contributed by atoms with Gasteiger partial charge in [-0.2, -0.15) is 0 Å². The normalized spacial score (nSPS) is 16.8. The number of Topliss-reactive ketones (excluding diaryl/α,β-unsaturated/α-hetero) is 1. The minimum absolute atomic E-state index is 0. The SMILES string of the molecule is CNCCC1CCN(C(C)C(=O)Nc2ccc(C(C)=O)cc2)CC1.Cl. The summed E-state index contributed by atoms with van der Waals surface area (Å²) < 4.78 is 0. The molecule has 0 radical (unpaired) electrons. The average molecular weight is 368 g/mol. The first-order chi connectivity index (χ1) is 11.5. The molecule has 140 valence electrons. The Labute approximate surface area is 157 Å². The molecule has 2 rings (SSSR count). The molecule has 0 bridgehead atoms. The molecule has 2 N–H and O–H groups in total. The van der Waals surface area contributed by atoms with Crippen LogP contribution in [0, 0.1) is 5.92 Å². The molecule has 0 aromatic heterocycles. The molecule has 1 atom stereocenters. The summed E-state index contributed by atoms with van der Waals surface area (Å²) in [6.07, 6.45) is 3.53. The topological polar surface area (TPSA) is 61.4 Å². The number of hydrogen-bond donors (Lipinski definition) is 2. The van der Waals surface area contributed by atoms with Crippen molar-refractivity contribution in [2.24, 2.45) is 5.92 Å². The number of carbonyl (C=O) groups excluding carboxylic acids is 2. The summed E-state index contributed by atoms with van der Waals surface area (Å²) in [5, 5.41) is 6.16. The predicted molar refractivity (Wildman–Crippen MR) is 105 cm³/mol. The monoisotopic (exact) mass is 367 g/mol. The number of hydrogen-bond acceptors (Lipinski definition) is 4. The number of benzene rings is 1. The highest BCUT2D eigenvalue weighted by molar-refractivity contribution is 5.96. The molecule has 5 nitrogen and oxygen atoms in total. The second-order valence-corrected chi connectivity index (χ2v) is 6.67. The standard InChI is InChI=1S/C19H29N3O2.ClH/c1-14(22-12-9-16(10-13-22)8-11-20-3)19(24)21-18-6-4-17(5-7-18)15(2)23;/h4-7,14,16,20H,8-13H2,1-3H3,(H,21,24);1H. The van der Waals surface area contributed by atoms with Gasteiger partial charge in [0.05, 0.1) is 6.04 Å². The molecule has 0 spiro atoms. The molecule has 1 aliphatic heterocycles. The first-order valence-corrected chi connectivity index (χ1v) is 8.81. The molecule has 1 saturated heterocycles. The number of ketones is 1. The highest BCUT2D eigenvalue weighted by Crippen LogP contribution is 2.22. The van der Waals surface area contributed by atoms with Gasteiger partial charge in [0.15, 0.2) is 5.78 Å². The van der Waals surface area contributed by atoms with Crippen LogP contribution in [0.5, 0.6) is 0 Å². The number of carbonyl (C=O) groups is 2. The van der Waals surface area contributed by atoms with Gasteiger partial charge in [-0.3, -0.25) is 14.5 Å². The van der Waals surface area contributed by atoms with Gasteiger partial charge < -0.3 is 10.6 Å². The Bertz CT molecular complexity index is 554. The van der Waals surface area contributed by atoms with Crippen LogP contribution in [0.15, 0.2) is 24.3 Å². The Hall–Kier alpha value is -1.43. The van der Waals surface area contributed by atoms with Gasteiger partial charge in [-0.1, -0.05) is 0 Å². The van der Waals surface area contributed by atoms with Crippen molar-refractivity contribution in [1.29, 1.82) is 0 Å². The zero-order valence-electron chi connectivity index (χ0n) is 15.4. The largest absolute Gasteiger partial charge is 0.325 e. The lowest BCUT2D eigenvalue weighted by Crippen LogP contribution is -2.46. The highest BCUT2D eigenvalue weighted by Gasteiger charge is 2.26. The van der Waals surface area contributed by atoms with Crippen LogP contribution >= 0.6 is 12.4 Å². The van der Waals surface area contributed by atoms with Crippen molar-refractivity contribution >= 4 is 29.8 Å². The molecule has 1 unspecified atom stereocenters. The van der Waals surface area contributed by atoms with E-state index in [1.165, 1.54) is 13.3 Å². The third-order valence-corrected chi connectivity index (χ3v) is 4.94. The summed E-state index contributed by atoms with van der Waals surface area (Å²) >= 11 is 0. The zero-order chi connectivity index (χ0) is 17.5. The van der Waals surface area contributed by atoms with E-state index in [1.54, 1.807) is 24.3 Å². The van der Waals surface area contributed by atoms with Crippen molar-refractivity contribution in [2.45, 2.75) is 39.2 Å². The van der Waals surface area contributed by atoms with Crippen LogP contribution in [0.3, 0.4) is 0 Å². The van der Waals surface area contributed by atoms with Gasteiger partial charge in [0, 0.05) is 11.3 Å². The molecular weight excluding hydrogens is 338 g/mol. The maximum absolute atomic E-state index is 12.5. The Kier molecular flexibility index (Phi) is 9.11. The second-order valence-electron chi connectivity index (χ2n) is 6.67. The Morgan fingerprint density at radius 3 is 2.32 bits per heavy atom. The van der Waals surface area contributed by atoms with Gasteiger partial charge in [-0.15, -0.1) is 12.4 Å². The number of likely N-dealkylation sites (tertiary alicyclic amines) is 1. The fourth-order valence-electron chi connectivity index (χ4n) is 3.18. The number of nitrogens with zero attached hydrogens (tertiary/aromatic N) is 1. The van der Waals surface area contributed by atoms with Crippen molar-refractivity contribution in [3.8, 4) is 0 Å². The van der Waals surface area contributed by atoms with Crippen LogP contribution in [0.2, 0.25) is 0 Å². The smallest absolute Gasteiger partial charge is 0.241 e. The Morgan fingerprint density at radius 2 is 1.80 bits per heavy atom. The Balaban J connectivity index is 0.00000312. The molecule has 0 saturated carbocycles. The van der Waals surface area contributed by atoms with Crippen LogP contribution in [-0.4, -0.2) is 49.3 Å². The number of nitrogens with one attached hydrogen (secondary N) is 2. The summed E-state index contributed by atoms with van der Waals surface area (Å²) in [4.78, 5) is 26.0. The number of piperidine rings is 1. The molecule has 1 aromatic rings. The van der Waals surface area contributed by atoms with Crippen LogP contribution in [-0.2, 0) is 4.79 Å². The van der Waals surface area contributed by atoms with E-state index in [0.717, 1.165) is 44.1 Å². The average Bonchev–Trinajstić information content (AvgIpc) is 2.60. The molecule has 1 aromatic carbocycles. The van der Waals surface area contributed by atoms with E-state index in [4.69, 9.17) is 0 Å². The fourth-order valence-corrected chi connectivity index (χ4v) is 3.18. The molecule has 0 aliphatic carbocycles. The lowest BCUT2D eigenvalue weighted by molar-refractivity contribution is -0.121. The molecule has 1 aliphatic rings. The van der Waals surface area contributed by atoms with Gasteiger partial charge in [-0.05, 0) is 90.0 Å². The van der Waals surface area contributed by atoms with Gasteiger partial charge in [0.25, 0.3) is 0 Å². The summed E-state index contributed by atoms with van der Waals surface area (Å²) in [5.74, 6) is 0.810. The first-order valence-electron chi connectivity index (χ1n) is 8.81. The summed E-state index contributed by atoms with van der Waals surface area (Å²) in [6, 6.07) is 6.92. The van der Waals surface area contributed by atoms with Crippen LogP contribution in [0.1, 0.15) is 43.5 Å². The third-order valence-electron chi connectivity index (χ3n) is 4.94. The van der Waals surface area contributed by atoms with Crippen molar-refractivity contribution in [3.63, 3.8) is 0 Å². The molecular formula is C19H30ClN3O2. The minimum Gasteiger partial charge on any atom is -0.325 e. The maximum atomic E-state index is 12.5. The van der Waals surface area contributed by atoms with Gasteiger partial charge >= 0.3 is 0 Å². The zero-order valence-corrected chi connectivity index (χ0v) is 16.2. The summed E-state index contributed by atoms with van der Waals surface area (Å²) in [5.41, 5.74) is 1.39. The second kappa shape index (κ2) is 10.5. The Morgan fingerprint density at radius 1 is 1.20 bits per heavy atom. The lowest BCUT2D eigenvalue weighted by Gasteiger charge is -2.35. The molecule has 1 heterocycles. The summed E-state index contributed by atoms with van der Waals surface area (Å²) in [6.45, 7) is 6.53. The van der Waals surface area contributed by atoms with E-state index < -0.39 is 0 Å². The summed E-state index contributed by atoms with van der Waals surface area (Å²) in [7, 11) is 1.99. The van der Waals surface area contributed by atoms with Crippen molar-refractivity contribution in [3.05, 3.63) is 29.8 Å². The molecule has 25 heavy (non-hydrogen) atoms. The van der Waals surface area contributed by atoms with Crippen LogP contribution < -0.4 is 10.6 Å². The minimum atomic E-state index is -0.136. The van der Waals surface area contributed by atoms with E-state index in [1.807, 2.05) is 14.0 Å². The van der Waals surface area contributed by atoms with Gasteiger partial charge in [-0.25, -0.2) is 0 Å². The third kappa shape index (κ3) is 6.42. The molecule has 1 fully saturated rings. The number of rotatable bonds is 7. The quantitative estimate of drug-likeness (QED) is 0.727. The lowest BCUT2D eigenvalue weighted by atomic mass is 9.93. The van der Waals surface area contributed by atoms with Gasteiger partial charge in [0.2, 0.25) is 5.91 Å². The predicted octanol–water partition coefficient (Wildman–Crippen LogP) is 2.96. The molecule has 6 heteroatoms. The molecule has 1 amide bonds. The van der Waals surface area contributed by atoms with E-state index in [2.05, 4.69) is 15.5 Å². The van der Waals surface area contributed by atoms with Crippen molar-refractivity contribution < 1.29 is 9.59 Å². The van der Waals surface area contributed by atoms with Crippen LogP contribution in [0.25, 0.3) is 0 Å². The van der Waals surface area contributed by atoms with Crippen LogP contribution in [0.4, 0.5) is 5.69 Å². The van der Waals surface area contributed by atoms with E-state index in [0.29, 0.717) is 5.56 Å². The van der Waals surface area contributed by atoms with E-state index >= 15 is 0 Å². The highest BCUT2D eigenvalue weighted by atomic mass is 35.5. The van der Waals surface area contributed by atoms with Gasteiger partial charge in [0.1, 0.15) is 0 Å². The fraction of sp³-hybridized carbons (Fsp3) is 0.579. The van der Waals surface area contributed by atoms with Crippen molar-refractivity contribution in [1.82, 2.24) is 10.2 Å². The van der Waals surface area contributed by atoms with Crippen molar-refractivity contribution in [2.75, 3.05) is 32.0 Å². The number of anilines is 1. The number of amides is 1.